The second-order valence-corrected chi connectivity index (χ2v) is 9.14. The highest BCUT2D eigenvalue weighted by atomic mass is 35.5. The molecule has 7 nitrogen and oxygen atoms in total. The first-order valence-electron chi connectivity index (χ1n) is 11.4. The molecule has 2 aromatic carbocycles. The van der Waals surface area contributed by atoms with E-state index in [1.165, 1.54) is 0 Å². The van der Waals surface area contributed by atoms with Crippen molar-refractivity contribution in [2.75, 3.05) is 34.0 Å². The Morgan fingerprint density at radius 2 is 1.85 bits per heavy atom. The fourth-order valence-corrected chi connectivity index (χ4v) is 4.30. The van der Waals surface area contributed by atoms with Gasteiger partial charge in [-0.25, -0.2) is 0 Å². The molecule has 2 heterocycles. The standard InChI is InChI=1S/C26H30ClN3O4/c1-16(2)11-13-34-20-10-7-18(15-21(20)33-4)25-22-23(17-5-8-19(27)9-6-17)28-29-24(22)26(31)30(25)12-14-32-3/h5-10,15-16,25H,11-14H2,1-4H3,(H,28,29). The summed E-state index contributed by atoms with van der Waals surface area (Å²) < 4.78 is 16.9. The van der Waals surface area contributed by atoms with Crippen molar-refractivity contribution in [1.29, 1.82) is 0 Å². The van der Waals surface area contributed by atoms with Crippen LogP contribution in [0.3, 0.4) is 0 Å². The second kappa shape index (κ2) is 10.5. The van der Waals surface area contributed by atoms with E-state index in [9.17, 15) is 4.79 Å². The number of aromatic amines is 1. The minimum absolute atomic E-state index is 0.110. The second-order valence-electron chi connectivity index (χ2n) is 8.70. The Kier molecular flexibility index (Phi) is 7.44. The van der Waals surface area contributed by atoms with Gasteiger partial charge < -0.3 is 19.1 Å². The highest BCUT2D eigenvalue weighted by Gasteiger charge is 2.42. The van der Waals surface area contributed by atoms with Gasteiger partial charge in [-0.1, -0.05) is 43.6 Å². The Bertz CT molecular complexity index is 1140. The van der Waals surface area contributed by atoms with Gasteiger partial charge in [0.1, 0.15) is 5.69 Å². The van der Waals surface area contributed by atoms with Crippen LogP contribution in [0.25, 0.3) is 11.3 Å². The van der Waals surface area contributed by atoms with E-state index in [1.807, 2.05) is 42.5 Å². The Labute approximate surface area is 205 Å². The summed E-state index contributed by atoms with van der Waals surface area (Å²) in [6.45, 7) is 5.80. The Morgan fingerprint density at radius 3 is 2.53 bits per heavy atom. The molecule has 180 valence electrons. The van der Waals surface area contributed by atoms with Gasteiger partial charge in [0, 0.05) is 29.8 Å². The largest absolute Gasteiger partial charge is 0.493 e. The van der Waals surface area contributed by atoms with Crippen molar-refractivity contribution in [3.05, 3.63) is 64.3 Å². The number of H-pyrrole nitrogens is 1. The molecule has 0 radical (unpaired) electrons. The van der Waals surface area contributed by atoms with Crippen LogP contribution in [0.4, 0.5) is 0 Å². The van der Waals surface area contributed by atoms with Crippen LogP contribution in [-0.2, 0) is 4.74 Å². The van der Waals surface area contributed by atoms with E-state index in [1.54, 1.807) is 19.1 Å². The molecule has 3 aromatic rings. The molecule has 1 aromatic heterocycles. The molecule has 1 unspecified atom stereocenters. The zero-order chi connectivity index (χ0) is 24.2. The molecular weight excluding hydrogens is 454 g/mol. The highest BCUT2D eigenvalue weighted by molar-refractivity contribution is 6.30. The highest BCUT2D eigenvalue weighted by Crippen LogP contribution is 2.44. The number of carbonyl (C=O) groups excluding carboxylic acids is 1. The van der Waals surface area contributed by atoms with E-state index in [0.717, 1.165) is 28.8 Å². The number of nitrogens with zero attached hydrogens (tertiary/aromatic N) is 2. The monoisotopic (exact) mass is 483 g/mol. The van der Waals surface area contributed by atoms with Crippen LogP contribution in [0.15, 0.2) is 42.5 Å². The van der Waals surface area contributed by atoms with E-state index < -0.39 is 0 Å². The average Bonchev–Trinajstić information content (AvgIpc) is 3.37. The number of aromatic nitrogens is 2. The number of hydrogen-bond acceptors (Lipinski definition) is 5. The minimum Gasteiger partial charge on any atom is -0.493 e. The summed E-state index contributed by atoms with van der Waals surface area (Å²) in [7, 11) is 3.25. The van der Waals surface area contributed by atoms with Crippen LogP contribution < -0.4 is 9.47 Å². The first-order valence-corrected chi connectivity index (χ1v) is 11.8. The van der Waals surface area contributed by atoms with Crippen molar-refractivity contribution in [2.45, 2.75) is 26.3 Å². The molecule has 0 aliphatic carbocycles. The van der Waals surface area contributed by atoms with Gasteiger partial charge in [0.15, 0.2) is 11.5 Å². The summed E-state index contributed by atoms with van der Waals surface area (Å²) in [5, 5.41) is 8.10. The zero-order valence-corrected chi connectivity index (χ0v) is 20.7. The first kappa shape index (κ1) is 24.1. The van der Waals surface area contributed by atoms with Crippen molar-refractivity contribution < 1.29 is 19.0 Å². The van der Waals surface area contributed by atoms with Gasteiger partial charge in [-0.05, 0) is 42.2 Å². The fraction of sp³-hybridized carbons (Fsp3) is 0.385. The molecule has 8 heteroatoms. The van der Waals surface area contributed by atoms with Crippen LogP contribution in [0.5, 0.6) is 11.5 Å². The van der Waals surface area contributed by atoms with E-state index in [0.29, 0.717) is 47.9 Å². The SMILES string of the molecule is COCCN1C(=O)c2[nH]nc(-c3ccc(Cl)cc3)c2C1c1ccc(OCCC(C)C)c(OC)c1. The first-order chi connectivity index (χ1) is 16.4. The van der Waals surface area contributed by atoms with Crippen molar-refractivity contribution in [2.24, 2.45) is 5.92 Å². The van der Waals surface area contributed by atoms with Crippen molar-refractivity contribution >= 4 is 17.5 Å². The van der Waals surface area contributed by atoms with Crippen LogP contribution in [-0.4, -0.2) is 55.0 Å². The summed E-state index contributed by atoms with van der Waals surface area (Å²) in [5.74, 6) is 1.76. The molecule has 0 fully saturated rings. The van der Waals surface area contributed by atoms with Gasteiger partial charge in [-0.3, -0.25) is 9.89 Å². The third-order valence-corrected chi connectivity index (χ3v) is 6.23. The maximum Gasteiger partial charge on any atom is 0.273 e. The van der Waals surface area contributed by atoms with Gasteiger partial charge in [0.2, 0.25) is 0 Å². The maximum absolute atomic E-state index is 13.3. The smallest absolute Gasteiger partial charge is 0.273 e. The lowest BCUT2D eigenvalue weighted by Crippen LogP contribution is -2.32. The number of halogens is 1. The molecule has 1 aliphatic heterocycles. The van der Waals surface area contributed by atoms with Crippen LogP contribution in [0, 0.1) is 5.92 Å². The molecular formula is C26H30ClN3O4. The quantitative estimate of drug-likeness (QED) is 0.420. The van der Waals surface area contributed by atoms with E-state index >= 15 is 0 Å². The number of methoxy groups -OCH3 is 2. The number of rotatable bonds is 10. The lowest BCUT2D eigenvalue weighted by atomic mass is 9.95. The normalized spacial score (nSPS) is 15.2. The lowest BCUT2D eigenvalue weighted by Gasteiger charge is -2.26. The number of benzene rings is 2. The van der Waals surface area contributed by atoms with Gasteiger partial charge in [0.05, 0.1) is 32.1 Å². The zero-order valence-electron chi connectivity index (χ0n) is 19.9. The predicted octanol–water partition coefficient (Wildman–Crippen LogP) is 5.36. The molecule has 0 saturated carbocycles. The third-order valence-electron chi connectivity index (χ3n) is 5.97. The number of hydrogen-bond donors (Lipinski definition) is 1. The fourth-order valence-electron chi connectivity index (χ4n) is 4.17. The molecule has 1 atom stereocenters. The maximum atomic E-state index is 13.3. The molecule has 4 rings (SSSR count). The summed E-state index contributed by atoms with van der Waals surface area (Å²) in [6.07, 6.45) is 0.954. The predicted molar refractivity (Wildman–Crippen MR) is 132 cm³/mol. The molecule has 1 aliphatic rings. The van der Waals surface area contributed by atoms with E-state index in [2.05, 4.69) is 24.0 Å². The van der Waals surface area contributed by atoms with Gasteiger partial charge in [-0.2, -0.15) is 5.10 Å². The molecule has 0 saturated heterocycles. The minimum atomic E-state index is -0.347. The van der Waals surface area contributed by atoms with Gasteiger partial charge >= 0.3 is 0 Å². The van der Waals surface area contributed by atoms with Gasteiger partial charge in [0.25, 0.3) is 5.91 Å². The number of amides is 1. The molecule has 1 amide bonds. The molecule has 0 bridgehead atoms. The van der Waals surface area contributed by atoms with Crippen LogP contribution in [0.1, 0.15) is 47.9 Å². The molecule has 34 heavy (non-hydrogen) atoms. The van der Waals surface area contributed by atoms with E-state index in [4.69, 9.17) is 25.8 Å². The summed E-state index contributed by atoms with van der Waals surface area (Å²) in [4.78, 5) is 15.1. The number of carbonyl (C=O) groups is 1. The Balaban J connectivity index is 1.75. The summed E-state index contributed by atoms with van der Waals surface area (Å²) in [6, 6.07) is 12.9. The Hall–Kier alpha value is -3.03. The van der Waals surface area contributed by atoms with Crippen molar-refractivity contribution in [3.63, 3.8) is 0 Å². The topological polar surface area (TPSA) is 76.7 Å². The van der Waals surface area contributed by atoms with Crippen LogP contribution >= 0.6 is 11.6 Å². The molecule has 0 spiro atoms. The van der Waals surface area contributed by atoms with E-state index in [-0.39, 0.29) is 11.9 Å². The Morgan fingerprint density at radius 1 is 1.09 bits per heavy atom. The summed E-state index contributed by atoms with van der Waals surface area (Å²) >= 11 is 6.09. The van der Waals surface area contributed by atoms with Crippen molar-refractivity contribution in [1.82, 2.24) is 15.1 Å². The average molecular weight is 484 g/mol. The number of ether oxygens (including phenoxy) is 3. The lowest BCUT2D eigenvalue weighted by molar-refractivity contribution is 0.0677. The number of fused-ring (bicyclic) bond motifs is 1. The van der Waals surface area contributed by atoms with Crippen molar-refractivity contribution in [3.8, 4) is 22.8 Å². The summed E-state index contributed by atoms with van der Waals surface area (Å²) in [5.41, 5.74) is 3.84. The molecule has 1 N–H and O–H groups in total. The van der Waals surface area contributed by atoms with Gasteiger partial charge in [-0.15, -0.1) is 0 Å². The number of nitrogens with one attached hydrogen (secondary N) is 1. The van der Waals surface area contributed by atoms with Crippen LogP contribution in [0.2, 0.25) is 5.02 Å². The third kappa shape index (κ3) is 4.76.